The van der Waals surface area contributed by atoms with Crippen molar-refractivity contribution < 1.29 is 32.6 Å². The second kappa shape index (κ2) is 12.5. The van der Waals surface area contributed by atoms with E-state index in [9.17, 15) is 18.4 Å². The number of rotatable bonds is 7. The van der Waals surface area contributed by atoms with Gasteiger partial charge in [0.15, 0.2) is 0 Å². The fraction of sp³-hybridized carbons (Fsp3) is 0.400. The number of nitrogens with zero attached hydrogens (tertiary/aromatic N) is 4. The number of aromatic nitrogens is 2. The van der Waals surface area contributed by atoms with Gasteiger partial charge in [-0.15, -0.1) is 0 Å². The van der Waals surface area contributed by atoms with Crippen LogP contribution in [0, 0.1) is 11.6 Å². The largest absolute Gasteiger partial charge is 0.469 e. The summed E-state index contributed by atoms with van der Waals surface area (Å²) in [6.45, 7) is 8.44. The van der Waals surface area contributed by atoms with Crippen molar-refractivity contribution >= 4 is 29.3 Å². The van der Waals surface area contributed by atoms with E-state index in [0.717, 1.165) is 12.1 Å². The monoisotopic (exact) mass is 596 g/mol. The van der Waals surface area contributed by atoms with Gasteiger partial charge < -0.3 is 34.6 Å². The van der Waals surface area contributed by atoms with Crippen LogP contribution in [0.2, 0.25) is 0 Å². The maximum Gasteiger partial charge on any atom is 0.323 e. The van der Waals surface area contributed by atoms with Crippen LogP contribution in [-0.2, 0) is 9.47 Å². The van der Waals surface area contributed by atoms with Crippen LogP contribution in [0.5, 0.6) is 5.88 Å². The molecule has 0 aliphatic carbocycles. The summed E-state index contributed by atoms with van der Waals surface area (Å²) in [7, 11) is 1.58. The van der Waals surface area contributed by atoms with Crippen LogP contribution >= 0.6 is 0 Å². The Bertz CT molecular complexity index is 1500. The summed E-state index contributed by atoms with van der Waals surface area (Å²) in [6.07, 6.45) is 0. The second-order valence-electron chi connectivity index (χ2n) is 11.0. The highest BCUT2D eigenvalue weighted by molar-refractivity contribution is 6.03. The molecule has 2 aliphatic heterocycles. The van der Waals surface area contributed by atoms with Crippen LogP contribution in [0.1, 0.15) is 31.1 Å². The molecule has 0 spiro atoms. The molecule has 1 saturated heterocycles. The molecule has 5 rings (SSSR count). The molecule has 3 amide bonds. The van der Waals surface area contributed by atoms with E-state index in [0.29, 0.717) is 68.4 Å². The Kier molecular flexibility index (Phi) is 8.74. The fourth-order valence-corrected chi connectivity index (χ4v) is 5.01. The number of nitrogens with one attached hydrogen (secondary N) is 2. The first-order chi connectivity index (χ1) is 20.5. The Morgan fingerprint density at radius 1 is 1.14 bits per heavy atom. The lowest BCUT2D eigenvalue weighted by Crippen LogP contribution is -2.44. The molecular weight excluding hydrogens is 562 g/mol. The van der Waals surface area contributed by atoms with E-state index in [1.807, 2.05) is 25.7 Å². The summed E-state index contributed by atoms with van der Waals surface area (Å²) in [5, 5.41) is 4.98. The molecule has 2 N–H and O–H groups in total. The topological polar surface area (TPSA) is 118 Å². The van der Waals surface area contributed by atoms with Gasteiger partial charge in [-0.1, -0.05) is 12.1 Å². The van der Waals surface area contributed by atoms with Crippen molar-refractivity contribution in [2.45, 2.75) is 32.4 Å². The van der Waals surface area contributed by atoms with E-state index >= 15 is 0 Å². The average molecular weight is 597 g/mol. The Balaban J connectivity index is 1.50. The van der Waals surface area contributed by atoms with Gasteiger partial charge in [0, 0.05) is 37.5 Å². The van der Waals surface area contributed by atoms with Gasteiger partial charge in [0.25, 0.3) is 5.91 Å². The minimum atomic E-state index is -0.894. The number of urea groups is 1. The Morgan fingerprint density at radius 3 is 2.60 bits per heavy atom. The number of morpholine rings is 1. The van der Waals surface area contributed by atoms with Crippen molar-refractivity contribution in [1.29, 1.82) is 0 Å². The van der Waals surface area contributed by atoms with Crippen LogP contribution in [0.3, 0.4) is 0 Å². The smallest absolute Gasteiger partial charge is 0.323 e. The summed E-state index contributed by atoms with van der Waals surface area (Å²) in [6, 6.07) is 8.86. The molecule has 2 aromatic carbocycles. The third kappa shape index (κ3) is 6.83. The number of amides is 3. The van der Waals surface area contributed by atoms with Crippen molar-refractivity contribution in [3.05, 3.63) is 59.7 Å². The maximum atomic E-state index is 14.0. The normalized spacial score (nSPS) is 18.0. The molecular formula is C30H34F2N6O5. The van der Waals surface area contributed by atoms with Gasteiger partial charge in [0.1, 0.15) is 22.8 Å². The summed E-state index contributed by atoms with van der Waals surface area (Å²) in [5.41, 5.74) is 0.712. The molecule has 1 fully saturated rings. The number of benzene rings is 2. The molecule has 1 unspecified atom stereocenters. The van der Waals surface area contributed by atoms with Crippen LogP contribution in [0.25, 0.3) is 11.3 Å². The van der Waals surface area contributed by atoms with E-state index in [1.54, 1.807) is 36.3 Å². The van der Waals surface area contributed by atoms with E-state index in [1.165, 1.54) is 0 Å². The molecule has 2 aliphatic rings. The number of ether oxygens (including phenoxy) is 3. The zero-order chi connectivity index (χ0) is 30.7. The Hall–Kier alpha value is -4.36. The van der Waals surface area contributed by atoms with Crippen LogP contribution in [0.15, 0.2) is 42.5 Å². The number of carbonyl (C=O) groups excluding carboxylic acids is 2. The van der Waals surface area contributed by atoms with E-state index < -0.39 is 23.3 Å². The van der Waals surface area contributed by atoms with Gasteiger partial charge in [-0.2, -0.15) is 4.98 Å². The van der Waals surface area contributed by atoms with Gasteiger partial charge in [-0.3, -0.25) is 4.79 Å². The third-order valence-corrected chi connectivity index (χ3v) is 7.10. The molecule has 228 valence electrons. The number of anilines is 3. The average Bonchev–Trinajstić information content (AvgIpc) is 3.06. The number of hydrogen-bond donors (Lipinski definition) is 2. The summed E-state index contributed by atoms with van der Waals surface area (Å²) in [5.74, 6) is -1.31. The molecule has 3 aromatic rings. The fourth-order valence-electron chi connectivity index (χ4n) is 5.01. The Morgan fingerprint density at radius 2 is 1.91 bits per heavy atom. The van der Waals surface area contributed by atoms with Crippen molar-refractivity contribution in [3.63, 3.8) is 0 Å². The standard InChI is InChI=1S/C30H34F2N6O5/c1-18-16-42-14-12-38(18)28-35-25(24-26(36-28)43-30(2,3)17-37(27(24)39)11-13-41-4)19-5-8-21(9-6-19)33-29(40)34-23-10-7-20(31)15-22(23)32/h5-10,15,18H,11-14,16-17H2,1-4H3,(H2,33,34,40). The van der Waals surface area contributed by atoms with Gasteiger partial charge >= 0.3 is 6.03 Å². The first-order valence-electron chi connectivity index (χ1n) is 13.9. The molecule has 13 heteroatoms. The number of hydrogen-bond acceptors (Lipinski definition) is 8. The van der Waals surface area contributed by atoms with Crippen molar-refractivity contribution in [3.8, 4) is 17.1 Å². The second-order valence-corrected chi connectivity index (χ2v) is 11.0. The molecule has 11 nitrogen and oxygen atoms in total. The lowest BCUT2D eigenvalue weighted by molar-refractivity contribution is 0.0448. The van der Waals surface area contributed by atoms with Crippen LogP contribution in [-0.4, -0.2) is 85.0 Å². The zero-order valence-electron chi connectivity index (χ0n) is 24.4. The molecule has 3 heterocycles. The highest BCUT2D eigenvalue weighted by atomic mass is 19.1. The number of fused-ring (bicyclic) bond motifs is 1. The van der Waals surface area contributed by atoms with Crippen molar-refractivity contribution in [1.82, 2.24) is 14.9 Å². The predicted octanol–water partition coefficient (Wildman–Crippen LogP) is 4.55. The summed E-state index contributed by atoms with van der Waals surface area (Å²) in [4.78, 5) is 39.8. The summed E-state index contributed by atoms with van der Waals surface area (Å²) < 4.78 is 44.4. The van der Waals surface area contributed by atoms with Crippen LogP contribution in [0.4, 0.5) is 30.9 Å². The quantitative estimate of drug-likeness (QED) is 0.408. The van der Waals surface area contributed by atoms with E-state index in [-0.39, 0.29) is 29.1 Å². The Labute approximate surface area is 248 Å². The van der Waals surface area contributed by atoms with Crippen LogP contribution < -0.4 is 20.3 Å². The molecule has 43 heavy (non-hydrogen) atoms. The van der Waals surface area contributed by atoms with E-state index in [2.05, 4.69) is 10.6 Å². The molecule has 0 radical (unpaired) electrons. The zero-order valence-corrected chi connectivity index (χ0v) is 24.4. The number of carbonyl (C=O) groups is 2. The predicted molar refractivity (Wildman–Crippen MR) is 157 cm³/mol. The first-order valence-corrected chi connectivity index (χ1v) is 13.9. The maximum absolute atomic E-state index is 14.0. The van der Waals surface area contributed by atoms with E-state index in [4.69, 9.17) is 24.2 Å². The third-order valence-electron chi connectivity index (χ3n) is 7.10. The lowest BCUT2D eigenvalue weighted by Gasteiger charge is -2.34. The van der Waals surface area contributed by atoms with Crippen molar-refractivity contribution in [2.24, 2.45) is 0 Å². The minimum Gasteiger partial charge on any atom is -0.469 e. The SMILES string of the molecule is COCCN1CC(C)(C)Oc2nc(N3CCOCC3C)nc(-c3ccc(NC(=O)Nc4ccc(F)cc4F)cc3)c2C1=O. The summed E-state index contributed by atoms with van der Waals surface area (Å²) >= 11 is 0. The highest BCUT2D eigenvalue weighted by Crippen LogP contribution is 2.37. The highest BCUT2D eigenvalue weighted by Gasteiger charge is 2.38. The van der Waals surface area contributed by atoms with Gasteiger partial charge in [0.05, 0.1) is 43.8 Å². The minimum absolute atomic E-state index is 0.00312. The molecule has 0 saturated carbocycles. The molecule has 1 atom stereocenters. The van der Waals surface area contributed by atoms with Gasteiger partial charge in [0.2, 0.25) is 11.8 Å². The van der Waals surface area contributed by atoms with Gasteiger partial charge in [-0.05, 0) is 45.0 Å². The molecule has 0 bridgehead atoms. The lowest BCUT2D eigenvalue weighted by atomic mass is 10.0. The molecule has 1 aromatic heterocycles. The number of halogens is 2. The van der Waals surface area contributed by atoms with Gasteiger partial charge in [-0.25, -0.2) is 18.6 Å². The van der Waals surface area contributed by atoms with Crippen molar-refractivity contribution in [2.75, 3.05) is 62.1 Å². The number of methoxy groups -OCH3 is 1. The first kappa shape index (κ1) is 30.1.